The quantitative estimate of drug-likeness (QED) is 0.735. The van der Waals surface area contributed by atoms with Crippen molar-refractivity contribution in [1.82, 2.24) is 10.2 Å². The number of carbonyl (C=O) groups is 2. The second-order valence-electron chi connectivity index (χ2n) is 7.67. The molecule has 7 nitrogen and oxygen atoms in total. The summed E-state index contributed by atoms with van der Waals surface area (Å²) in [5.74, 6) is 1.22. The number of benzene rings is 2. The van der Waals surface area contributed by atoms with Gasteiger partial charge in [-0.05, 0) is 42.7 Å². The maximum absolute atomic E-state index is 12.7. The number of hydrogen-bond donors (Lipinski definition) is 2. The molecule has 2 aliphatic rings. The van der Waals surface area contributed by atoms with E-state index in [1.807, 2.05) is 42.5 Å². The summed E-state index contributed by atoms with van der Waals surface area (Å²) < 4.78 is 11.3. The average Bonchev–Trinajstić information content (AvgIpc) is 3.60. The van der Waals surface area contributed by atoms with Gasteiger partial charge in [-0.15, -0.1) is 0 Å². The van der Waals surface area contributed by atoms with Crippen molar-refractivity contribution in [2.24, 2.45) is 0 Å². The fourth-order valence-electron chi connectivity index (χ4n) is 3.52. The molecule has 4 rings (SSSR count). The van der Waals surface area contributed by atoms with Crippen LogP contribution in [-0.2, 0) is 11.3 Å². The summed E-state index contributed by atoms with van der Waals surface area (Å²) in [4.78, 5) is 26.6. The van der Waals surface area contributed by atoms with E-state index < -0.39 is 0 Å². The van der Waals surface area contributed by atoms with Crippen LogP contribution in [-0.4, -0.2) is 49.6 Å². The van der Waals surface area contributed by atoms with Crippen LogP contribution in [0.2, 0.25) is 0 Å². The second kappa shape index (κ2) is 9.17. The molecular weight excluding hydrogens is 382 g/mol. The number of anilines is 1. The van der Waals surface area contributed by atoms with E-state index in [0.29, 0.717) is 55.1 Å². The lowest BCUT2D eigenvalue weighted by Gasteiger charge is -2.22. The molecular formula is C23H27N3O4. The van der Waals surface area contributed by atoms with Gasteiger partial charge in [0.05, 0.1) is 19.8 Å². The second-order valence-corrected chi connectivity index (χ2v) is 7.67. The molecule has 0 atom stereocenters. The predicted octanol–water partition coefficient (Wildman–Crippen LogP) is 2.81. The monoisotopic (exact) mass is 409 g/mol. The van der Waals surface area contributed by atoms with Gasteiger partial charge in [0.1, 0.15) is 0 Å². The summed E-state index contributed by atoms with van der Waals surface area (Å²) in [7, 11) is 1.62. The van der Waals surface area contributed by atoms with E-state index in [1.54, 1.807) is 7.05 Å². The minimum atomic E-state index is -0.102. The van der Waals surface area contributed by atoms with E-state index in [4.69, 9.17) is 9.47 Å². The topological polar surface area (TPSA) is 79.9 Å². The van der Waals surface area contributed by atoms with Crippen LogP contribution in [0.25, 0.3) is 0 Å². The Kier molecular flexibility index (Phi) is 6.18. The minimum absolute atomic E-state index is 0.0571. The van der Waals surface area contributed by atoms with Crippen LogP contribution in [0.15, 0.2) is 42.5 Å². The largest absolute Gasteiger partial charge is 0.490 e. The fourth-order valence-corrected chi connectivity index (χ4v) is 3.52. The van der Waals surface area contributed by atoms with E-state index in [-0.39, 0.29) is 11.8 Å². The van der Waals surface area contributed by atoms with Crippen molar-refractivity contribution in [3.63, 3.8) is 0 Å². The molecule has 0 aromatic heterocycles. The third kappa shape index (κ3) is 5.10. The Morgan fingerprint density at radius 1 is 1.03 bits per heavy atom. The van der Waals surface area contributed by atoms with E-state index in [9.17, 15) is 9.59 Å². The lowest BCUT2D eigenvalue weighted by atomic mass is 10.1. The van der Waals surface area contributed by atoms with Crippen LogP contribution >= 0.6 is 0 Å². The van der Waals surface area contributed by atoms with Crippen LogP contribution in [0.3, 0.4) is 0 Å². The average molecular weight is 409 g/mol. The van der Waals surface area contributed by atoms with Gasteiger partial charge in [-0.25, -0.2) is 0 Å². The zero-order valence-corrected chi connectivity index (χ0v) is 17.1. The summed E-state index contributed by atoms with van der Waals surface area (Å²) in [6.45, 7) is 2.24. The zero-order valence-electron chi connectivity index (χ0n) is 17.1. The van der Waals surface area contributed by atoms with Gasteiger partial charge in [0, 0.05) is 43.4 Å². The number of ether oxygens (including phenoxy) is 2. The van der Waals surface area contributed by atoms with Crippen molar-refractivity contribution in [3.05, 3.63) is 53.6 Å². The number of amides is 2. The summed E-state index contributed by atoms with van der Waals surface area (Å²) in [6.07, 6.45) is 3.05. The van der Waals surface area contributed by atoms with E-state index in [1.165, 1.54) is 0 Å². The highest BCUT2D eigenvalue weighted by Gasteiger charge is 2.30. The number of hydrogen-bond acceptors (Lipinski definition) is 5. The van der Waals surface area contributed by atoms with Crippen molar-refractivity contribution in [2.45, 2.75) is 31.8 Å². The van der Waals surface area contributed by atoms with Gasteiger partial charge >= 0.3 is 0 Å². The molecule has 0 saturated heterocycles. The molecule has 2 aromatic rings. The molecule has 1 fully saturated rings. The summed E-state index contributed by atoms with van der Waals surface area (Å²) in [5.41, 5.74) is 2.42. The molecule has 2 aromatic carbocycles. The molecule has 7 heteroatoms. The van der Waals surface area contributed by atoms with E-state index in [2.05, 4.69) is 15.5 Å². The van der Waals surface area contributed by atoms with Crippen LogP contribution in [0.1, 0.15) is 35.2 Å². The first-order valence-corrected chi connectivity index (χ1v) is 10.4. The lowest BCUT2D eigenvalue weighted by molar-refractivity contribution is -0.117. The number of fused-ring (bicyclic) bond motifs is 1. The minimum Gasteiger partial charge on any atom is -0.490 e. The predicted molar refractivity (Wildman–Crippen MR) is 114 cm³/mol. The van der Waals surface area contributed by atoms with Gasteiger partial charge in [-0.1, -0.05) is 12.1 Å². The molecule has 1 heterocycles. The maximum Gasteiger partial charge on any atom is 0.251 e. The van der Waals surface area contributed by atoms with Gasteiger partial charge in [-0.2, -0.15) is 0 Å². The molecule has 2 N–H and O–H groups in total. The fraction of sp³-hybridized carbons (Fsp3) is 0.391. The Balaban J connectivity index is 1.37. The van der Waals surface area contributed by atoms with E-state index >= 15 is 0 Å². The Hall–Kier alpha value is -3.06. The standard InChI is InChI=1S/C23H27N3O4/c1-24-23(28)17-5-3-16(4-6-17)14-26(19-8-9-19)15-22(27)25-18-7-10-20-21(13-18)30-12-2-11-29-20/h3-7,10,13,19H,2,8-9,11-12,14-15H2,1H3,(H,24,28)(H,25,27). The molecule has 0 bridgehead atoms. The van der Waals surface area contributed by atoms with Crippen LogP contribution < -0.4 is 20.1 Å². The zero-order chi connectivity index (χ0) is 20.9. The maximum atomic E-state index is 12.7. The summed E-state index contributed by atoms with van der Waals surface area (Å²) in [5, 5.41) is 5.60. The highest BCUT2D eigenvalue weighted by molar-refractivity contribution is 5.94. The summed E-state index contributed by atoms with van der Waals surface area (Å²) >= 11 is 0. The summed E-state index contributed by atoms with van der Waals surface area (Å²) in [6, 6.07) is 13.4. The third-order valence-corrected chi connectivity index (χ3v) is 5.27. The van der Waals surface area contributed by atoms with Crippen LogP contribution in [0, 0.1) is 0 Å². The van der Waals surface area contributed by atoms with E-state index in [0.717, 1.165) is 24.8 Å². The van der Waals surface area contributed by atoms with Crippen molar-refractivity contribution in [3.8, 4) is 11.5 Å². The number of nitrogens with zero attached hydrogens (tertiary/aromatic N) is 1. The first kappa shape index (κ1) is 20.2. The van der Waals surface area contributed by atoms with Crippen molar-refractivity contribution in [1.29, 1.82) is 0 Å². The van der Waals surface area contributed by atoms with Crippen molar-refractivity contribution in [2.75, 3.05) is 32.1 Å². The Morgan fingerprint density at radius 2 is 1.77 bits per heavy atom. The van der Waals surface area contributed by atoms with Crippen LogP contribution in [0.4, 0.5) is 5.69 Å². The molecule has 1 aliphatic carbocycles. The molecule has 0 radical (unpaired) electrons. The number of carbonyl (C=O) groups excluding carboxylic acids is 2. The lowest BCUT2D eigenvalue weighted by Crippen LogP contribution is -2.34. The number of rotatable bonds is 7. The van der Waals surface area contributed by atoms with Gasteiger partial charge in [0.2, 0.25) is 5.91 Å². The first-order valence-electron chi connectivity index (χ1n) is 10.4. The number of nitrogens with one attached hydrogen (secondary N) is 2. The molecule has 1 aliphatic heterocycles. The molecule has 1 saturated carbocycles. The molecule has 30 heavy (non-hydrogen) atoms. The first-order chi connectivity index (χ1) is 14.6. The highest BCUT2D eigenvalue weighted by Crippen LogP contribution is 2.32. The molecule has 2 amide bonds. The van der Waals surface area contributed by atoms with Gasteiger partial charge in [-0.3, -0.25) is 14.5 Å². The smallest absolute Gasteiger partial charge is 0.251 e. The SMILES string of the molecule is CNC(=O)c1ccc(CN(CC(=O)Nc2ccc3c(c2)OCCCO3)C2CC2)cc1. The van der Waals surface area contributed by atoms with Crippen molar-refractivity contribution >= 4 is 17.5 Å². The van der Waals surface area contributed by atoms with Gasteiger partial charge in [0.15, 0.2) is 11.5 Å². The molecule has 158 valence electrons. The van der Waals surface area contributed by atoms with Crippen molar-refractivity contribution < 1.29 is 19.1 Å². The molecule has 0 unspecified atom stereocenters. The Morgan fingerprint density at radius 3 is 2.47 bits per heavy atom. The van der Waals surface area contributed by atoms with Gasteiger partial charge < -0.3 is 20.1 Å². The Bertz CT molecular complexity index is 909. The highest BCUT2D eigenvalue weighted by atomic mass is 16.5. The Labute approximate surface area is 176 Å². The third-order valence-electron chi connectivity index (χ3n) is 5.27. The van der Waals surface area contributed by atoms with Gasteiger partial charge in [0.25, 0.3) is 5.91 Å². The van der Waals surface area contributed by atoms with Crippen LogP contribution in [0.5, 0.6) is 11.5 Å². The molecule has 0 spiro atoms. The normalized spacial score (nSPS) is 15.4.